The molecule has 1 aromatic heterocycles. The molecule has 1 amide bonds. The van der Waals surface area contributed by atoms with Gasteiger partial charge in [-0.1, -0.05) is 54.1 Å². The van der Waals surface area contributed by atoms with Gasteiger partial charge in [-0.15, -0.1) is 10.2 Å². The van der Waals surface area contributed by atoms with Crippen molar-refractivity contribution in [3.8, 4) is 11.4 Å². The molecule has 0 unspecified atom stereocenters. The zero-order chi connectivity index (χ0) is 19.1. The van der Waals surface area contributed by atoms with Crippen LogP contribution in [0.5, 0.6) is 0 Å². The van der Waals surface area contributed by atoms with Crippen molar-refractivity contribution in [2.75, 3.05) is 6.61 Å². The Bertz CT molecular complexity index is 930. The van der Waals surface area contributed by atoms with Gasteiger partial charge in [-0.25, -0.2) is 4.79 Å². The van der Waals surface area contributed by atoms with E-state index in [9.17, 15) is 9.59 Å². The molecule has 0 saturated heterocycles. The average Bonchev–Trinajstić information content (AvgIpc) is 3.14. The standard InChI is InChI=1S/C18H16ClN5O3/c19-15-8-4-5-13(9-15)10-20-16(25)12-27-17(26)11-24-22-18(21-23-24)14-6-2-1-3-7-14/h1-9H,10-12H2,(H,20,25). The Morgan fingerprint density at radius 2 is 1.93 bits per heavy atom. The molecule has 0 aliphatic rings. The molecule has 0 bridgehead atoms. The van der Waals surface area contributed by atoms with Crippen LogP contribution >= 0.6 is 11.6 Å². The molecule has 8 nitrogen and oxygen atoms in total. The molecular formula is C18H16ClN5O3. The van der Waals surface area contributed by atoms with Gasteiger partial charge in [0.05, 0.1) is 0 Å². The number of carbonyl (C=O) groups excluding carboxylic acids is 2. The molecule has 0 atom stereocenters. The Labute approximate surface area is 160 Å². The van der Waals surface area contributed by atoms with Gasteiger partial charge >= 0.3 is 5.97 Å². The molecular weight excluding hydrogens is 370 g/mol. The van der Waals surface area contributed by atoms with Gasteiger partial charge in [0.2, 0.25) is 5.82 Å². The third kappa shape index (κ3) is 5.61. The van der Waals surface area contributed by atoms with Crippen LogP contribution < -0.4 is 5.32 Å². The van der Waals surface area contributed by atoms with E-state index in [1.54, 1.807) is 18.2 Å². The van der Waals surface area contributed by atoms with Crippen molar-refractivity contribution >= 4 is 23.5 Å². The van der Waals surface area contributed by atoms with Crippen LogP contribution in [0.4, 0.5) is 0 Å². The molecule has 3 rings (SSSR count). The van der Waals surface area contributed by atoms with E-state index in [0.717, 1.165) is 15.9 Å². The third-order valence-electron chi connectivity index (χ3n) is 3.50. The van der Waals surface area contributed by atoms with Crippen molar-refractivity contribution in [1.29, 1.82) is 0 Å². The second-order valence-electron chi connectivity index (χ2n) is 5.58. The molecule has 0 spiro atoms. The highest BCUT2D eigenvalue weighted by atomic mass is 35.5. The first-order chi connectivity index (χ1) is 13.1. The zero-order valence-electron chi connectivity index (χ0n) is 14.2. The molecule has 3 aromatic rings. The molecule has 138 valence electrons. The number of amides is 1. The Kier molecular flexibility index (Phi) is 6.11. The largest absolute Gasteiger partial charge is 0.454 e. The lowest BCUT2D eigenvalue weighted by Crippen LogP contribution is -2.29. The number of aromatic nitrogens is 4. The second kappa shape index (κ2) is 8.91. The summed E-state index contributed by atoms with van der Waals surface area (Å²) in [5.41, 5.74) is 1.64. The summed E-state index contributed by atoms with van der Waals surface area (Å²) < 4.78 is 4.93. The highest BCUT2D eigenvalue weighted by Gasteiger charge is 2.12. The molecule has 0 fully saturated rings. The van der Waals surface area contributed by atoms with Crippen LogP contribution in [0.2, 0.25) is 5.02 Å². The fourth-order valence-corrected chi connectivity index (χ4v) is 2.43. The van der Waals surface area contributed by atoms with Gasteiger partial charge in [0.1, 0.15) is 0 Å². The van der Waals surface area contributed by atoms with Crippen LogP contribution in [-0.4, -0.2) is 38.7 Å². The summed E-state index contributed by atoms with van der Waals surface area (Å²) in [6.45, 7) is -0.330. The average molecular weight is 386 g/mol. The van der Waals surface area contributed by atoms with E-state index in [0.29, 0.717) is 17.4 Å². The minimum atomic E-state index is -0.634. The maximum absolute atomic E-state index is 11.8. The summed E-state index contributed by atoms with van der Waals surface area (Å²) in [4.78, 5) is 24.7. The lowest BCUT2D eigenvalue weighted by atomic mass is 10.2. The van der Waals surface area contributed by atoms with Crippen molar-refractivity contribution in [2.45, 2.75) is 13.1 Å². The minimum absolute atomic E-state index is 0.235. The lowest BCUT2D eigenvalue weighted by Gasteiger charge is -2.06. The summed E-state index contributed by atoms with van der Waals surface area (Å²) in [6.07, 6.45) is 0. The topological polar surface area (TPSA) is 99.0 Å². The number of hydrogen-bond acceptors (Lipinski definition) is 6. The third-order valence-corrected chi connectivity index (χ3v) is 3.73. The fourth-order valence-electron chi connectivity index (χ4n) is 2.22. The summed E-state index contributed by atoms with van der Waals surface area (Å²) in [5.74, 6) is -0.646. The second-order valence-corrected chi connectivity index (χ2v) is 6.01. The van der Waals surface area contributed by atoms with Gasteiger partial charge in [0.25, 0.3) is 5.91 Å². The number of rotatable bonds is 7. The molecule has 0 radical (unpaired) electrons. The summed E-state index contributed by atoms with van der Waals surface area (Å²) in [6, 6.07) is 16.4. The van der Waals surface area contributed by atoms with Gasteiger partial charge < -0.3 is 10.1 Å². The Morgan fingerprint density at radius 1 is 1.11 bits per heavy atom. The fraction of sp³-hybridized carbons (Fsp3) is 0.167. The number of tetrazole rings is 1. The summed E-state index contributed by atoms with van der Waals surface area (Å²) in [5, 5.41) is 15.0. The molecule has 1 heterocycles. The SMILES string of the molecule is O=C(COC(=O)Cn1nnc(-c2ccccc2)n1)NCc1cccc(Cl)c1. The van der Waals surface area contributed by atoms with Crippen molar-refractivity contribution in [1.82, 2.24) is 25.5 Å². The van der Waals surface area contributed by atoms with Gasteiger partial charge in [0.15, 0.2) is 13.2 Å². The first kappa shape index (κ1) is 18.5. The predicted octanol–water partition coefficient (Wildman–Crippen LogP) is 1.85. The first-order valence-corrected chi connectivity index (χ1v) is 8.48. The molecule has 0 saturated carbocycles. The zero-order valence-corrected chi connectivity index (χ0v) is 15.0. The van der Waals surface area contributed by atoms with Gasteiger partial charge in [-0.05, 0) is 22.9 Å². The lowest BCUT2D eigenvalue weighted by molar-refractivity contribution is -0.149. The first-order valence-electron chi connectivity index (χ1n) is 8.10. The minimum Gasteiger partial charge on any atom is -0.454 e. The number of nitrogens with one attached hydrogen (secondary N) is 1. The van der Waals surface area contributed by atoms with E-state index in [1.807, 2.05) is 36.4 Å². The van der Waals surface area contributed by atoms with E-state index >= 15 is 0 Å². The van der Waals surface area contributed by atoms with Crippen LogP contribution in [0.25, 0.3) is 11.4 Å². The number of hydrogen-bond donors (Lipinski definition) is 1. The summed E-state index contributed by atoms with van der Waals surface area (Å²) in [7, 11) is 0. The smallest absolute Gasteiger partial charge is 0.330 e. The number of carbonyl (C=O) groups is 2. The molecule has 9 heteroatoms. The summed E-state index contributed by atoms with van der Waals surface area (Å²) >= 11 is 5.88. The Morgan fingerprint density at radius 3 is 2.70 bits per heavy atom. The molecule has 2 aromatic carbocycles. The number of esters is 1. The maximum atomic E-state index is 11.8. The van der Waals surface area contributed by atoms with Crippen molar-refractivity contribution < 1.29 is 14.3 Å². The van der Waals surface area contributed by atoms with Crippen LogP contribution in [0.15, 0.2) is 54.6 Å². The van der Waals surface area contributed by atoms with E-state index in [2.05, 4.69) is 20.7 Å². The molecule has 1 N–H and O–H groups in total. The van der Waals surface area contributed by atoms with Gasteiger partial charge in [-0.3, -0.25) is 4.79 Å². The maximum Gasteiger partial charge on any atom is 0.330 e. The molecule has 0 aliphatic carbocycles. The number of nitrogens with zero attached hydrogens (tertiary/aromatic N) is 4. The Hall–Kier alpha value is -3.26. The monoisotopic (exact) mass is 385 g/mol. The van der Waals surface area contributed by atoms with E-state index < -0.39 is 11.9 Å². The highest BCUT2D eigenvalue weighted by molar-refractivity contribution is 6.30. The number of ether oxygens (including phenoxy) is 1. The van der Waals surface area contributed by atoms with Crippen molar-refractivity contribution in [3.05, 3.63) is 65.2 Å². The van der Waals surface area contributed by atoms with Gasteiger partial charge in [-0.2, -0.15) is 4.80 Å². The van der Waals surface area contributed by atoms with E-state index in [1.165, 1.54) is 0 Å². The van der Waals surface area contributed by atoms with Crippen LogP contribution in [0, 0.1) is 0 Å². The predicted molar refractivity (Wildman–Crippen MR) is 97.5 cm³/mol. The highest BCUT2D eigenvalue weighted by Crippen LogP contribution is 2.12. The van der Waals surface area contributed by atoms with Crippen LogP contribution in [0.1, 0.15) is 5.56 Å². The van der Waals surface area contributed by atoms with E-state index in [4.69, 9.17) is 16.3 Å². The Balaban J connectivity index is 1.43. The van der Waals surface area contributed by atoms with Crippen molar-refractivity contribution in [2.24, 2.45) is 0 Å². The van der Waals surface area contributed by atoms with Crippen molar-refractivity contribution in [3.63, 3.8) is 0 Å². The van der Waals surface area contributed by atoms with E-state index in [-0.39, 0.29) is 13.2 Å². The molecule has 0 aliphatic heterocycles. The van der Waals surface area contributed by atoms with Crippen LogP contribution in [0.3, 0.4) is 0 Å². The number of halogens is 1. The normalized spacial score (nSPS) is 10.4. The number of benzene rings is 2. The quantitative estimate of drug-likeness (QED) is 0.623. The van der Waals surface area contributed by atoms with Gasteiger partial charge in [0, 0.05) is 17.1 Å². The van der Waals surface area contributed by atoms with Crippen LogP contribution in [-0.2, 0) is 27.4 Å². The molecule has 27 heavy (non-hydrogen) atoms.